The highest BCUT2D eigenvalue weighted by atomic mass is 15.2. The highest BCUT2D eigenvalue weighted by Gasteiger charge is 2.46. The molecule has 3 aromatic carbocycles. The third-order valence-corrected chi connectivity index (χ3v) is 7.29. The first-order chi connectivity index (χ1) is 14.3. The lowest BCUT2D eigenvalue weighted by Crippen LogP contribution is -2.58. The van der Waals surface area contributed by atoms with Crippen molar-refractivity contribution < 1.29 is 0 Å². The molecular formula is C27H28N2. The lowest BCUT2D eigenvalue weighted by molar-refractivity contribution is 0.0900. The van der Waals surface area contributed by atoms with Gasteiger partial charge in [-0.3, -0.25) is 0 Å². The zero-order chi connectivity index (χ0) is 19.2. The molecule has 2 aliphatic carbocycles. The number of nitrogens with zero attached hydrogens (tertiary/aromatic N) is 2. The van der Waals surface area contributed by atoms with Crippen LogP contribution in [0.5, 0.6) is 0 Å². The molecule has 0 aromatic heterocycles. The zero-order valence-corrected chi connectivity index (χ0v) is 16.8. The van der Waals surface area contributed by atoms with Crippen molar-refractivity contribution in [1.29, 1.82) is 0 Å². The van der Waals surface area contributed by atoms with E-state index < -0.39 is 0 Å². The Kier molecular flexibility index (Phi) is 4.11. The first-order valence-corrected chi connectivity index (χ1v) is 11.1. The average Bonchev–Trinajstić information content (AvgIpc) is 2.75. The van der Waals surface area contributed by atoms with Gasteiger partial charge in [0.1, 0.15) is 0 Å². The molecule has 2 saturated heterocycles. The predicted octanol–water partition coefficient (Wildman–Crippen LogP) is 6.92. The molecule has 4 bridgehead atoms. The van der Waals surface area contributed by atoms with Crippen LogP contribution in [-0.4, -0.2) is 12.1 Å². The topological polar surface area (TPSA) is 6.48 Å². The van der Waals surface area contributed by atoms with Crippen molar-refractivity contribution in [3.05, 3.63) is 84.9 Å². The molecule has 0 unspecified atom stereocenters. The molecule has 0 radical (unpaired) electrons. The second-order valence-electron chi connectivity index (χ2n) is 9.15. The van der Waals surface area contributed by atoms with Crippen LogP contribution in [0.15, 0.2) is 84.9 Å². The average molecular weight is 381 g/mol. The summed E-state index contributed by atoms with van der Waals surface area (Å²) in [4.78, 5) is 5.16. The number of rotatable bonds is 4. The van der Waals surface area contributed by atoms with Gasteiger partial charge in [0, 0.05) is 34.8 Å². The summed E-state index contributed by atoms with van der Waals surface area (Å²) in [6, 6.07) is 32.2. The van der Waals surface area contributed by atoms with Crippen LogP contribution in [0.25, 0.3) is 0 Å². The number of hydrogen-bond donors (Lipinski definition) is 0. The molecule has 29 heavy (non-hydrogen) atoms. The Morgan fingerprint density at radius 2 is 1.07 bits per heavy atom. The Labute approximate surface area is 173 Å². The number of para-hydroxylation sites is 2. The lowest BCUT2D eigenvalue weighted by Gasteiger charge is -2.57. The molecule has 2 nitrogen and oxygen atoms in total. The minimum Gasteiger partial charge on any atom is -0.365 e. The largest absolute Gasteiger partial charge is 0.365 e. The number of anilines is 4. The Morgan fingerprint density at radius 1 is 0.552 bits per heavy atom. The van der Waals surface area contributed by atoms with Crippen LogP contribution in [-0.2, 0) is 0 Å². The Morgan fingerprint density at radius 3 is 1.62 bits per heavy atom. The van der Waals surface area contributed by atoms with Crippen molar-refractivity contribution in [2.24, 2.45) is 11.8 Å². The SMILES string of the molecule is c1ccc(N(c2ccccc2)c2cccc(N3C4CC5CC(C4)CC3C5)c2)cc1. The summed E-state index contributed by atoms with van der Waals surface area (Å²) in [7, 11) is 0. The van der Waals surface area contributed by atoms with E-state index in [9.17, 15) is 0 Å². The van der Waals surface area contributed by atoms with Gasteiger partial charge in [-0.25, -0.2) is 0 Å². The highest BCUT2D eigenvalue weighted by Crippen LogP contribution is 2.51. The summed E-state index contributed by atoms with van der Waals surface area (Å²) in [6.07, 6.45) is 7.10. The first kappa shape index (κ1) is 17.1. The molecule has 2 heterocycles. The van der Waals surface area contributed by atoms with Crippen molar-refractivity contribution in [2.75, 3.05) is 9.80 Å². The van der Waals surface area contributed by atoms with Crippen LogP contribution in [0.1, 0.15) is 32.1 Å². The molecule has 0 spiro atoms. The van der Waals surface area contributed by atoms with Crippen LogP contribution >= 0.6 is 0 Å². The van der Waals surface area contributed by atoms with E-state index in [2.05, 4.69) is 94.7 Å². The lowest BCUT2D eigenvalue weighted by atomic mass is 9.63. The fourth-order valence-corrected chi connectivity index (χ4v) is 6.35. The molecule has 0 atom stereocenters. The number of hydrogen-bond acceptors (Lipinski definition) is 2. The maximum absolute atomic E-state index is 2.78. The summed E-state index contributed by atoms with van der Waals surface area (Å²) in [5, 5.41) is 0. The molecule has 0 amide bonds. The zero-order valence-electron chi connectivity index (χ0n) is 16.8. The van der Waals surface area contributed by atoms with Crippen molar-refractivity contribution in [3.63, 3.8) is 0 Å². The third kappa shape index (κ3) is 3.02. The Hall–Kier alpha value is -2.74. The van der Waals surface area contributed by atoms with Gasteiger partial charge in [0.2, 0.25) is 0 Å². The molecular weight excluding hydrogens is 352 g/mol. The van der Waals surface area contributed by atoms with E-state index in [1.165, 1.54) is 54.9 Å². The van der Waals surface area contributed by atoms with Crippen LogP contribution in [0.4, 0.5) is 22.7 Å². The predicted molar refractivity (Wildman–Crippen MR) is 121 cm³/mol. The monoisotopic (exact) mass is 380 g/mol. The minimum absolute atomic E-state index is 0.753. The quantitative estimate of drug-likeness (QED) is 0.484. The Balaban J connectivity index is 1.40. The summed E-state index contributed by atoms with van der Waals surface area (Å²) in [6.45, 7) is 0. The molecule has 0 N–H and O–H groups in total. The fourth-order valence-electron chi connectivity index (χ4n) is 6.35. The number of benzene rings is 3. The van der Waals surface area contributed by atoms with E-state index in [-0.39, 0.29) is 0 Å². The van der Waals surface area contributed by atoms with Gasteiger partial charge >= 0.3 is 0 Å². The molecule has 2 aliphatic heterocycles. The molecule has 2 saturated carbocycles. The summed E-state index contributed by atoms with van der Waals surface area (Å²) < 4.78 is 0. The number of piperidine rings is 2. The molecule has 4 fully saturated rings. The normalized spacial score (nSPS) is 27.2. The van der Waals surface area contributed by atoms with Gasteiger partial charge in [-0.15, -0.1) is 0 Å². The van der Waals surface area contributed by atoms with Crippen molar-refractivity contribution in [2.45, 2.75) is 44.2 Å². The van der Waals surface area contributed by atoms with Gasteiger partial charge in [0.15, 0.2) is 0 Å². The summed E-state index contributed by atoms with van der Waals surface area (Å²) in [5.74, 6) is 1.98. The van der Waals surface area contributed by atoms with E-state index in [0.29, 0.717) is 0 Å². The molecule has 3 aromatic rings. The van der Waals surface area contributed by atoms with Crippen molar-refractivity contribution in [3.8, 4) is 0 Å². The van der Waals surface area contributed by atoms with Gasteiger partial charge in [-0.05, 0) is 86.4 Å². The molecule has 7 rings (SSSR count). The van der Waals surface area contributed by atoms with E-state index in [4.69, 9.17) is 0 Å². The summed E-state index contributed by atoms with van der Waals surface area (Å²) >= 11 is 0. The smallest absolute Gasteiger partial charge is 0.0482 e. The Bertz CT molecular complexity index is 914. The van der Waals surface area contributed by atoms with Crippen LogP contribution in [0.3, 0.4) is 0 Å². The van der Waals surface area contributed by atoms with Gasteiger partial charge in [-0.1, -0.05) is 42.5 Å². The van der Waals surface area contributed by atoms with Gasteiger partial charge in [0.05, 0.1) is 0 Å². The summed E-state index contributed by atoms with van der Waals surface area (Å²) in [5.41, 5.74) is 5.06. The third-order valence-electron chi connectivity index (χ3n) is 7.29. The van der Waals surface area contributed by atoms with Crippen LogP contribution in [0.2, 0.25) is 0 Å². The molecule has 4 aliphatic rings. The van der Waals surface area contributed by atoms with E-state index in [1.54, 1.807) is 0 Å². The van der Waals surface area contributed by atoms with Gasteiger partial charge in [0.25, 0.3) is 0 Å². The highest BCUT2D eigenvalue weighted by molar-refractivity contribution is 5.78. The minimum atomic E-state index is 0.753. The van der Waals surface area contributed by atoms with E-state index in [0.717, 1.165) is 23.9 Å². The molecule has 2 heteroatoms. The van der Waals surface area contributed by atoms with Gasteiger partial charge < -0.3 is 9.80 Å². The standard InChI is InChI=1S/C27H28N2/c1-3-8-22(9-4-1)28(23-10-5-2-6-11-23)24-12-7-13-25(19-24)29-26-15-20-14-21(17-26)18-27(29)16-20/h1-13,19-21,26-27H,14-18H2. The first-order valence-electron chi connectivity index (χ1n) is 11.1. The van der Waals surface area contributed by atoms with E-state index in [1.807, 2.05) is 0 Å². The van der Waals surface area contributed by atoms with Gasteiger partial charge in [-0.2, -0.15) is 0 Å². The maximum atomic E-state index is 2.78. The van der Waals surface area contributed by atoms with Crippen molar-refractivity contribution in [1.82, 2.24) is 0 Å². The second kappa shape index (κ2) is 6.95. The van der Waals surface area contributed by atoms with Crippen LogP contribution in [0, 0.1) is 11.8 Å². The van der Waals surface area contributed by atoms with Crippen molar-refractivity contribution >= 4 is 22.7 Å². The second-order valence-corrected chi connectivity index (χ2v) is 9.15. The maximum Gasteiger partial charge on any atom is 0.0482 e. The molecule has 146 valence electrons. The fraction of sp³-hybridized carbons (Fsp3) is 0.333. The van der Waals surface area contributed by atoms with Crippen LogP contribution < -0.4 is 9.80 Å². The van der Waals surface area contributed by atoms with E-state index >= 15 is 0 Å².